The van der Waals surface area contributed by atoms with Gasteiger partial charge in [0.1, 0.15) is 0 Å². The normalized spacial score (nSPS) is 15.2. The lowest BCUT2D eigenvalue weighted by molar-refractivity contribution is -0.122. The molecule has 0 bridgehead atoms. The van der Waals surface area contributed by atoms with E-state index in [1.807, 2.05) is 30.5 Å². The van der Waals surface area contributed by atoms with Crippen LogP contribution in [0.4, 0.5) is 5.13 Å². The number of piperidine rings is 1. The lowest BCUT2D eigenvalue weighted by Crippen LogP contribution is -2.44. The van der Waals surface area contributed by atoms with Crippen molar-refractivity contribution in [3.63, 3.8) is 0 Å². The van der Waals surface area contributed by atoms with Crippen molar-refractivity contribution in [1.82, 2.24) is 15.2 Å². The molecule has 0 radical (unpaired) electrons. The number of carbonyl (C=O) groups is 2. The SMILES string of the molecule is CCN(C(C)=O)c1nc(CN2CCC(NC(=O)CCc3ccccc3)CC2)cs1. The van der Waals surface area contributed by atoms with Gasteiger partial charge in [0, 0.05) is 50.9 Å². The van der Waals surface area contributed by atoms with Gasteiger partial charge in [0.2, 0.25) is 11.8 Å². The highest BCUT2D eigenvalue weighted by Gasteiger charge is 2.22. The highest BCUT2D eigenvalue weighted by Crippen LogP contribution is 2.22. The molecule has 6 nitrogen and oxygen atoms in total. The molecule has 0 spiro atoms. The Bertz CT molecular complexity index is 800. The van der Waals surface area contributed by atoms with Crippen LogP contribution in [0.3, 0.4) is 0 Å². The zero-order chi connectivity index (χ0) is 20.6. The molecule has 156 valence electrons. The summed E-state index contributed by atoms with van der Waals surface area (Å²) in [6, 6.07) is 10.4. The average Bonchev–Trinajstić information content (AvgIpc) is 3.17. The molecule has 2 aromatic rings. The van der Waals surface area contributed by atoms with Crippen molar-refractivity contribution in [3.05, 3.63) is 47.0 Å². The Morgan fingerprint density at radius 2 is 1.97 bits per heavy atom. The molecule has 1 saturated heterocycles. The predicted molar refractivity (Wildman–Crippen MR) is 117 cm³/mol. The van der Waals surface area contributed by atoms with E-state index in [1.165, 1.54) is 16.9 Å². The highest BCUT2D eigenvalue weighted by molar-refractivity contribution is 7.14. The maximum atomic E-state index is 12.2. The van der Waals surface area contributed by atoms with E-state index >= 15 is 0 Å². The topological polar surface area (TPSA) is 65.5 Å². The number of aryl methyl sites for hydroxylation is 1. The molecular weight excluding hydrogens is 384 g/mol. The molecular formula is C22H30N4O2S. The monoisotopic (exact) mass is 414 g/mol. The first kappa shape index (κ1) is 21.5. The van der Waals surface area contributed by atoms with Crippen molar-refractivity contribution in [3.8, 4) is 0 Å². The third-order valence-corrected chi connectivity index (χ3v) is 6.20. The minimum Gasteiger partial charge on any atom is -0.353 e. The van der Waals surface area contributed by atoms with Crippen LogP contribution in [0.25, 0.3) is 0 Å². The van der Waals surface area contributed by atoms with E-state index < -0.39 is 0 Å². The van der Waals surface area contributed by atoms with Gasteiger partial charge in [0.05, 0.1) is 5.69 Å². The fraction of sp³-hybridized carbons (Fsp3) is 0.500. The molecule has 1 aliphatic rings. The van der Waals surface area contributed by atoms with Gasteiger partial charge in [-0.25, -0.2) is 4.98 Å². The van der Waals surface area contributed by atoms with E-state index in [0.717, 1.165) is 49.7 Å². The maximum Gasteiger partial charge on any atom is 0.225 e. The number of aromatic nitrogens is 1. The first-order valence-electron chi connectivity index (χ1n) is 10.3. The Morgan fingerprint density at radius 1 is 1.24 bits per heavy atom. The fourth-order valence-corrected chi connectivity index (χ4v) is 4.58. The summed E-state index contributed by atoms with van der Waals surface area (Å²) in [5.74, 6) is 0.164. The molecule has 2 amide bonds. The molecule has 0 atom stereocenters. The number of likely N-dealkylation sites (tertiary alicyclic amines) is 1. The number of hydrogen-bond acceptors (Lipinski definition) is 5. The van der Waals surface area contributed by atoms with E-state index in [4.69, 9.17) is 0 Å². The van der Waals surface area contributed by atoms with Crippen LogP contribution < -0.4 is 10.2 Å². The molecule has 29 heavy (non-hydrogen) atoms. The minimum absolute atomic E-state index is 0.0252. The van der Waals surface area contributed by atoms with Gasteiger partial charge in [-0.2, -0.15) is 0 Å². The zero-order valence-corrected chi connectivity index (χ0v) is 18.1. The molecule has 1 N–H and O–H groups in total. The van der Waals surface area contributed by atoms with Crippen LogP contribution in [0.5, 0.6) is 0 Å². The number of anilines is 1. The van der Waals surface area contributed by atoms with E-state index in [2.05, 4.69) is 27.3 Å². The molecule has 3 rings (SSSR count). The molecule has 0 aliphatic carbocycles. The van der Waals surface area contributed by atoms with Crippen molar-refractivity contribution in [2.75, 3.05) is 24.5 Å². The second kappa shape index (κ2) is 10.5. The number of benzene rings is 1. The number of nitrogens with one attached hydrogen (secondary N) is 1. The highest BCUT2D eigenvalue weighted by atomic mass is 32.1. The minimum atomic E-state index is 0.0252. The van der Waals surface area contributed by atoms with Crippen LogP contribution in [-0.2, 0) is 22.6 Å². The summed E-state index contributed by atoms with van der Waals surface area (Å²) in [5.41, 5.74) is 2.21. The zero-order valence-electron chi connectivity index (χ0n) is 17.3. The van der Waals surface area contributed by atoms with Crippen LogP contribution in [0.2, 0.25) is 0 Å². The molecule has 2 heterocycles. The molecule has 1 aliphatic heterocycles. The van der Waals surface area contributed by atoms with E-state index in [9.17, 15) is 9.59 Å². The number of rotatable bonds is 8. The van der Waals surface area contributed by atoms with Gasteiger partial charge in [0.15, 0.2) is 5.13 Å². The van der Waals surface area contributed by atoms with Gasteiger partial charge in [-0.15, -0.1) is 11.3 Å². The molecule has 1 aromatic heterocycles. The first-order chi connectivity index (χ1) is 14.0. The smallest absolute Gasteiger partial charge is 0.225 e. The summed E-state index contributed by atoms with van der Waals surface area (Å²) < 4.78 is 0. The summed E-state index contributed by atoms with van der Waals surface area (Å²) in [4.78, 5) is 32.6. The number of thiazole rings is 1. The van der Waals surface area contributed by atoms with Gasteiger partial charge < -0.3 is 5.32 Å². The number of nitrogens with zero attached hydrogens (tertiary/aromatic N) is 3. The molecule has 7 heteroatoms. The lowest BCUT2D eigenvalue weighted by atomic mass is 10.0. The lowest BCUT2D eigenvalue weighted by Gasteiger charge is -2.31. The standard InChI is InChI=1S/C22H30N4O2S/c1-3-26(17(2)27)22-24-20(16-29-22)15-25-13-11-19(12-14-25)23-21(28)10-9-18-7-5-4-6-8-18/h4-8,16,19H,3,9-15H2,1-2H3,(H,23,28). The Labute approximate surface area is 176 Å². The fourth-order valence-electron chi connectivity index (χ4n) is 3.65. The van der Waals surface area contributed by atoms with Gasteiger partial charge >= 0.3 is 0 Å². The van der Waals surface area contributed by atoms with Crippen LogP contribution >= 0.6 is 11.3 Å². The van der Waals surface area contributed by atoms with Gasteiger partial charge in [-0.1, -0.05) is 30.3 Å². The van der Waals surface area contributed by atoms with E-state index in [-0.39, 0.29) is 17.9 Å². The first-order valence-corrected chi connectivity index (χ1v) is 11.2. The third kappa shape index (κ3) is 6.37. The van der Waals surface area contributed by atoms with E-state index in [0.29, 0.717) is 13.0 Å². The second-order valence-electron chi connectivity index (χ2n) is 7.49. The largest absolute Gasteiger partial charge is 0.353 e. The summed E-state index contributed by atoms with van der Waals surface area (Å²) in [7, 11) is 0. The second-order valence-corrected chi connectivity index (χ2v) is 8.32. The summed E-state index contributed by atoms with van der Waals surface area (Å²) in [5, 5.41) is 6.00. The summed E-state index contributed by atoms with van der Waals surface area (Å²) in [6.07, 6.45) is 3.24. The Hall–Kier alpha value is -2.25. The van der Waals surface area contributed by atoms with Crippen molar-refractivity contribution < 1.29 is 9.59 Å². The van der Waals surface area contributed by atoms with Crippen LogP contribution in [-0.4, -0.2) is 47.4 Å². The summed E-state index contributed by atoms with van der Waals surface area (Å²) in [6.45, 7) is 6.85. The molecule has 1 aromatic carbocycles. The Morgan fingerprint density at radius 3 is 2.62 bits per heavy atom. The average molecular weight is 415 g/mol. The third-order valence-electron chi connectivity index (χ3n) is 5.29. The predicted octanol–water partition coefficient (Wildman–Crippen LogP) is 3.23. The molecule has 0 unspecified atom stereocenters. The number of amides is 2. The van der Waals surface area contributed by atoms with Crippen molar-refractivity contribution in [2.24, 2.45) is 0 Å². The van der Waals surface area contributed by atoms with E-state index in [1.54, 1.807) is 11.8 Å². The van der Waals surface area contributed by atoms with Gasteiger partial charge in [0.25, 0.3) is 0 Å². The maximum absolute atomic E-state index is 12.2. The Kier molecular flexibility index (Phi) is 7.77. The molecule has 1 fully saturated rings. The Balaban J connectivity index is 1.40. The quantitative estimate of drug-likeness (QED) is 0.720. The number of hydrogen-bond donors (Lipinski definition) is 1. The summed E-state index contributed by atoms with van der Waals surface area (Å²) >= 11 is 1.52. The van der Waals surface area contributed by atoms with Crippen LogP contribution in [0.1, 0.15) is 44.4 Å². The van der Waals surface area contributed by atoms with Crippen molar-refractivity contribution in [2.45, 2.75) is 52.1 Å². The number of carbonyl (C=O) groups excluding carboxylic acids is 2. The van der Waals surface area contributed by atoms with Crippen molar-refractivity contribution in [1.29, 1.82) is 0 Å². The van der Waals surface area contributed by atoms with Crippen molar-refractivity contribution >= 4 is 28.3 Å². The van der Waals surface area contributed by atoms with Crippen LogP contribution in [0, 0.1) is 0 Å². The molecule has 0 saturated carbocycles. The van der Waals surface area contributed by atoms with Gasteiger partial charge in [-0.05, 0) is 31.7 Å². The van der Waals surface area contributed by atoms with Crippen LogP contribution in [0.15, 0.2) is 35.7 Å². The van der Waals surface area contributed by atoms with Gasteiger partial charge in [-0.3, -0.25) is 19.4 Å².